The minimum absolute atomic E-state index is 0.0300. The number of nitrogens with zero attached hydrogens (tertiary/aromatic N) is 3. The van der Waals surface area contributed by atoms with E-state index < -0.39 is 15.7 Å². The lowest BCUT2D eigenvalue weighted by Gasteiger charge is -2.35. The van der Waals surface area contributed by atoms with Crippen LogP contribution in [-0.4, -0.2) is 54.9 Å². The molecule has 0 bridgehead atoms. The molecule has 0 unspecified atom stereocenters. The fourth-order valence-electron chi connectivity index (χ4n) is 4.71. The van der Waals surface area contributed by atoms with E-state index >= 15 is 0 Å². The van der Waals surface area contributed by atoms with Crippen molar-refractivity contribution >= 4 is 26.6 Å². The van der Waals surface area contributed by atoms with Gasteiger partial charge in [-0.2, -0.15) is 0 Å². The smallest absolute Gasteiger partial charge is 0.242 e. The van der Waals surface area contributed by atoms with Crippen molar-refractivity contribution in [2.45, 2.75) is 23.7 Å². The Morgan fingerprint density at radius 1 is 0.806 bits per heavy atom. The summed E-state index contributed by atoms with van der Waals surface area (Å²) >= 11 is 0. The molecule has 0 N–H and O–H groups in total. The number of halogens is 1. The zero-order valence-corrected chi connectivity index (χ0v) is 20.7. The Balaban J connectivity index is 1.30. The predicted molar refractivity (Wildman–Crippen MR) is 138 cm³/mol. The molecule has 0 atom stereocenters. The van der Waals surface area contributed by atoms with Crippen LogP contribution in [0.1, 0.15) is 11.1 Å². The first-order valence-electron chi connectivity index (χ1n) is 12.0. The van der Waals surface area contributed by atoms with Gasteiger partial charge in [-0.1, -0.05) is 60.7 Å². The van der Waals surface area contributed by atoms with Gasteiger partial charge < -0.3 is 9.47 Å². The molecule has 1 aliphatic heterocycles. The van der Waals surface area contributed by atoms with Crippen molar-refractivity contribution in [2.24, 2.45) is 0 Å². The lowest BCUT2D eigenvalue weighted by atomic mass is 10.2. The molecule has 0 radical (unpaired) electrons. The number of benzene rings is 3. The molecule has 6 nitrogen and oxygen atoms in total. The predicted octanol–water partition coefficient (Wildman–Crippen LogP) is 4.10. The number of rotatable bonds is 7. The van der Waals surface area contributed by atoms with Crippen LogP contribution in [0.4, 0.5) is 4.39 Å². The van der Waals surface area contributed by atoms with Crippen LogP contribution in [0.15, 0.2) is 90.0 Å². The quantitative estimate of drug-likeness (QED) is 0.380. The highest BCUT2D eigenvalue weighted by Crippen LogP contribution is 2.28. The molecule has 3 aromatic carbocycles. The maximum atomic E-state index is 13.3. The molecule has 1 aliphatic rings. The standard InChI is InChI=1S/C28H28FN3O3S/c29-24-12-10-23(11-13-24)21-36(34,35)27-19-32(26-9-5-4-8-25(26)27)20-28(33)31-16-14-30(15-17-31)18-22-6-2-1-3-7-22/h1-13,19H,14-18,20-21H2. The molecule has 36 heavy (non-hydrogen) atoms. The summed E-state index contributed by atoms with van der Waals surface area (Å²) in [5.41, 5.74) is 2.47. The van der Waals surface area contributed by atoms with Crippen LogP contribution in [0.2, 0.25) is 0 Å². The zero-order chi connectivity index (χ0) is 25.1. The summed E-state index contributed by atoms with van der Waals surface area (Å²) in [6, 6.07) is 23.0. The van der Waals surface area contributed by atoms with Gasteiger partial charge in [0.2, 0.25) is 5.91 Å². The summed E-state index contributed by atoms with van der Waals surface area (Å²) in [7, 11) is -3.70. The highest BCUT2D eigenvalue weighted by molar-refractivity contribution is 7.90. The number of carbonyl (C=O) groups excluding carboxylic acids is 1. The Kier molecular flexibility index (Phi) is 6.89. The minimum atomic E-state index is -3.70. The Morgan fingerprint density at radius 2 is 1.47 bits per heavy atom. The maximum absolute atomic E-state index is 13.3. The van der Waals surface area contributed by atoms with Gasteiger partial charge in [-0.3, -0.25) is 9.69 Å². The average molecular weight is 506 g/mol. The van der Waals surface area contributed by atoms with Gasteiger partial charge in [-0.25, -0.2) is 12.8 Å². The van der Waals surface area contributed by atoms with E-state index in [4.69, 9.17) is 0 Å². The number of aromatic nitrogens is 1. The van der Waals surface area contributed by atoms with Gasteiger partial charge in [0, 0.05) is 49.8 Å². The highest BCUT2D eigenvalue weighted by Gasteiger charge is 2.25. The van der Waals surface area contributed by atoms with Crippen molar-refractivity contribution in [1.29, 1.82) is 0 Å². The van der Waals surface area contributed by atoms with E-state index in [0.717, 1.165) is 19.6 Å². The van der Waals surface area contributed by atoms with E-state index in [9.17, 15) is 17.6 Å². The van der Waals surface area contributed by atoms with E-state index in [0.29, 0.717) is 29.6 Å². The summed E-state index contributed by atoms with van der Waals surface area (Å²) in [4.78, 5) is 17.5. The van der Waals surface area contributed by atoms with E-state index in [1.807, 2.05) is 35.2 Å². The van der Waals surface area contributed by atoms with Crippen molar-refractivity contribution < 1.29 is 17.6 Å². The SMILES string of the molecule is O=C(Cn1cc(S(=O)(=O)Cc2ccc(F)cc2)c2ccccc21)N1CCN(Cc2ccccc2)CC1. The van der Waals surface area contributed by atoms with Crippen molar-refractivity contribution in [1.82, 2.24) is 14.4 Å². The second-order valence-electron chi connectivity index (χ2n) is 9.17. The maximum Gasteiger partial charge on any atom is 0.242 e. The fourth-order valence-corrected chi connectivity index (χ4v) is 6.29. The van der Waals surface area contributed by atoms with Crippen molar-refractivity contribution in [3.63, 3.8) is 0 Å². The first-order chi connectivity index (χ1) is 17.4. The largest absolute Gasteiger partial charge is 0.339 e. The van der Waals surface area contributed by atoms with Crippen LogP contribution >= 0.6 is 0 Å². The number of hydrogen-bond acceptors (Lipinski definition) is 4. The molecule has 8 heteroatoms. The third-order valence-electron chi connectivity index (χ3n) is 6.64. The van der Waals surface area contributed by atoms with Gasteiger partial charge in [-0.05, 0) is 29.3 Å². The van der Waals surface area contributed by atoms with Crippen LogP contribution in [0.5, 0.6) is 0 Å². The zero-order valence-electron chi connectivity index (χ0n) is 19.9. The molecule has 0 aliphatic carbocycles. The molecule has 2 heterocycles. The second kappa shape index (κ2) is 10.2. The molecule has 186 valence electrons. The van der Waals surface area contributed by atoms with Crippen LogP contribution in [0.3, 0.4) is 0 Å². The highest BCUT2D eigenvalue weighted by atomic mass is 32.2. The third kappa shape index (κ3) is 5.34. The van der Waals surface area contributed by atoms with E-state index in [1.54, 1.807) is 22.9 Å². The topological polar surface area (TPSA) is 62.6 Å². The van der Waals surface area contributed by atoms with Crippen molar-refractivity contribution in [2.75, 3.05) is 26.2 Å². The van der Waals surface area contributed by atoms with E-state index in [-0.39, 0.29) is 23.1 Å². The second-order valence-corrected chi connectivity index (χ2v) is 11.1. The van der Waals surface area contributed by atoms with Gasteiger partial charge in [-0.15, -0.1) is 0 Å². The Hall–Kier alpha value is -3.49. The van der Waals surface area contributed by atoms with E-state index in [1.165, 1.54) is 29.8 Å². The van der Waals surface area contributed by atoms with Crippen molar-refractivity contribution in [3.05, 3.63) is 102 Å². The summed E-state index contributed by atoms with van der Waals surface area (Å²) in [5.74, 6) is -0.678. The van der Waals surface area contributed by atoms with Crippen LogP contribution in [0.25, 0.3) is 10.9 Å². The first-order valence-corrected chi connectivity index (χ1v) is 13.6. The summed E-state index contributed by atoms with van der Waals surface area (Å²) in [6.45, 7) is 3.81. The molecular weight excluding hydrogens is 477 g/mol. The van der Waals surface area contributed by atoms with Crippen LogP contribution < -0.4 is 0 Å². The molecular formula is C28H28FN3O3S. The number of fused-ring (bicyclic) bond motifs is 1. The van der Waals surface area contributed by atoms with E-state index in [2.05, 4.69) is 17.0 Å². The lowest BCUT2D eigenvalue weighted by Crippen LogP contribution is -2.49. The minimum Gasteiger partial charge on any atom is -0.339 e. The van der Waals surface area contributed by atoms with Gasteiger partial charge >= 0.3 is 0 Å². The summed E-state index contributed by atoms with van der Waals surface area (Å²) in [6.07, 6.45) is 1.56. The fraction of sp³-hybridized carbons (Fsp3) is 0.250. The summed E-state index contributed by atoms with van der Waals surface area (Å²) < 4.78 is 41.5. The Bertz CT molecular complexity index is 1460. The van der Waals surface area contributed by atoms with Crippen LogP contribution in [0, 0.1) is 5.82 Å². The first kappa shape index (κ1) is 24.2. The van der Waals surface area contributed by atoms with Crippen molar-refractivity contribution in [3.8, 4) is 0 Å². The molecule has 5 rings (SSSR count). The van der Waals surface area contributed by atoms with Gasteiger partial charge in [0.05, 0.1) is 10.6 Å². The Labute approximate surface area is 210 Å². The van der Waals surface area contributed by atoms with Crippen LogP contribution in [-0.2, 0) is 33.5 Å². The molecule has 1 saturated heterocycles. The summed E-state index contributed by atoms with van der Waals surface area (Å²) in [5, 5.41) is 0.583. The third-order valence-corrected chi connectivity index (χ3v) is 8.35. The molecule has 1 amide bonds. The molecule has 4 aromatic rings. The molecule has 1 fully saturated rings. The number of para-hydroxylation sites is 1. The number of amides is 1. The van der Waals surface area contributed by atoms with Gasteiger partial charge in [0.15, 0.2) is 9.84 Å². The average Bonchev–Trinajstić information content (AvgIpc) is 3.26. The number of hydrogen-bond donors (Lipinski definition) is 0. The van der Waals surface area contributed by atoms with Gasteiger partial charge in [0.25, 0.3) is 0 Å². The molecule has 0 spiro atoms. The number of sulfone groups is 1. The number of carbonyl (C=O) groups is 1. The lowest BCUT2D eigenvalue weighted by molar-refractivity contribution is -0.133. The Morgan fingerprint density at radius 3 is 2.19 bits per heavy atom. The van der Waals surface area contributed by atoms with Gasteiger partial charge in [0.1, 0.15) is 12.4 Å². The number of piperazine rings is 1. The normalized spacial score (nSPS) is 14.9. The molecule has 1 aromatic heterocycles. The molecule has 0 saturated carbocycles. The monoisotopic (exact) mass is 505 g/mol.